The van der Waals surface area contributed by atoms with E-state index in [1.807, 2.05) is 38.1 Å². The molecule has 0 spiro atoms. The summed E-state index contributed by atoms with van der Waals surface area (Å²) in [5.74, 6) is 7.86. The highest BCUT2D eigenvalue weighted by molar-refractivity contribution is 5.48. The number of nitrogens with two attached hydrogens (primary N) is 1. The van der Waals surface area contributed by atoms with Crippen molar-refractivity contribution in [2.24, 2.45) is 5.84 Å². The third-order valence-electron chi connectivity index (χ3n) is 2.55. The fourth-order valence-corrected chi connectivity index (χ4v) is 1.63. The van der Waals surface area contributed by atoms with Gasteiger partial charge in [-0.3, -0.25) is 0 Å². The number of benzene rings is 1. The van der Waals surface area contributed by atoms with Crippen LogP contribution in [0.5, 0.6) is 11.6 Å². The van der Waals surface area contributed by atoms with Gasteiger partial charge in [0.15, 0.2) is 0 Å². The summed E-state index contributed by atoms with van der Waals surface area (Å²) >= 11 is 0. The molecule has 0 aliphatic rings. The number of nitrogens with zero attached hydrogens (tertiary/aromatic N) is 2. The van der Waals surface area contributed by atoms with E-state index in [4.69, 9.17) is 10.6 Å². The molecule has 0 bridgehead atoms. The summed E-state index contributed by atoms with van der Waals surface area (Å²) < 4.78 is 5.77. The van der Waals surface area contributed by atoms with E-state index in [0.717, 1.165) is 16.9 Å². The van der Waals surface area contributed by atoms with Gasteiger partial charge in [0.2, 0.25) is 5.88 Å². The zero-order valence-electron chi connectivity index (χ0n) is 10.7. The molecule has 0 amide bonds. The number of nitrogen functional groups attached to an aromatic ring is 1. The van der Waals surface area contributed by atoms with Gasteiger partial charge < -0.3 is 10.2 Å². The third kappa shape index (κ3) is 2.57. The maximum Gasteiger partial charge on any atom is 0.227 e. The van der Waals surface area contributed by atoms with Crippen molar-refractivity contribution in [2.75, 3.05) is 5.43 Å². The van der Waals surface area contributed by atoms with Crippen molar-refractivity contribution >= 4 is 5.82 Å². The van der Waals surface area contributed by atoms with E-state index in [9.17, 15) is 0 Å². The second kappa shape index (κ2) is 5.01. The van der Waals surface area contributed by atoms with Crippen LogP contribution >= 0.6 is 0 Å². The summed E-state index contributed by atoms with van der Waals surface area (Å²) in [4.78, 5) is 8.46. The van der Waals surface area contributed by atoms with Gasteiger partial charge in [0.05, 0.1) is 5.56 Å². The van der Waals surface area contributed by atoms with Crippen LogP contribution in [0.1, 0.15) is 17.0 Å². The Morgan fingerprint density at radius 3 is 2.61 bits per heavy atom. The Balaban J connectivity index is 2.37. The SMILES string of the molecule is Cc1cccc(Oc2nc(C)nc(NN)c2C)c1. The van der Waals surface area contributed by atoms with E-state index in [1.165, 1.54) is 0 Å². The summed E-state index contributed by atoms with van der Waals surface area (Å²) in [7, 11) is 0. The van der Waals surface area contributed by atoms with Gasteiger partial charge in [-0.15, -0.1) is 0 Å². The average molecular weight is 244 g/mol. The highest BCUT2D eigenvalue weighted by Gasteiger charge is 2.10. The van der Waals surface area contributed by atoms with Gasteiger partial charge in [-0.1, -0.05) is 12.1 Å². The van der Waals surface area contributed by atoms with E-state index in [2.05, 4.69) is 15.4 Å². The van der Waals surface area contributed by atoms with Crippen LogP contribution in [0.3, 0.4) is 0 Å². The molecule has 0 aliphatic heterocycles. The molecule has 0 aliphatic carbocycles. The van der Waals surface area contributed by atoms with Crippen LogP contribution < -0.4 is 16.0 Å². The Kier molecular flexibility index (Phi) is 3.43. The Bertz CT molecular complexity index is 569. The lowest BCUT2D eigenvalue weighted by Gasteiger charge is -2.11. The topological polar surface area (TPSA) is 73.1 Å². The smallest absolute Gasteiger partial charge is 0.227 e. The molecule has 94 valence electrons. The quantitative estimate of drug-likeness (QED) is 0.641. The van der Waals surface area contributed by atoms with Crippen molar-refractivity contribution in [1.82, 2.24) is 9.97 Å². The van der Waals surface area contributed by atoms with Crippen molar-refractivity contribution in [3.63, 3.8) is 0 Å². The molecule has 0 saturated carbocycles. The predicted octanol–water partition coefficient (Wildman–Crippen LogP) is 2.48. The first-order chi connectivity index (χ1) is 8.60. The largest absolute Gasteiger partial charge is 0.439 e. The molecule has 3 N–H and O–H groups in total. The number of nitrogens with one attached hydrogen (secondary N) is 1. The summed E-state index contributed by atoms with van der Waals surface area (Å²) in [6.07, 6.45) is 0. The van der Waals surface area contributed by atoms with Gasteiger partial charge in [-0.05, 0) is 38.5 Å². The number of hydrogen-bond acceptors (Lipinski definition) is 5. The lowest BCUT2D eigenvalue weighted by atomic mass is 10.2. The Labute approximate surface area is 106 Å². The number of ether oxygens (including phenoxy) is 1. The lowest BCUT2D eigenvalue weighted by molar-refractivity contribution is 0.455. The minimum Gasteiger partial charge on any atom is -0.439 e. The van der Waals surface area contributed by atoms with Gasteiger partial charge >= 0.3 is 0 Å². The van der Waals surface area contributed by atoms with E-state index < -0.39 is 0 Å². The predicted molar refractivity (Wildman–Crippen MR) is 70.6 cm³/mol. The minimum atomic E-state index is 0.515. The van der Waals surface area contributed by atoms with Crippen LogP contribution in [0.2, 0.25) is 0 Å². The van der Waals surface area contributed by atoms with Crippen LogP contribution in [0.15, 0.2) is 24.3 Å². The van der Waals surface area contributed by atoms with Gasteiger partial charge in [0, 0.05) is 0 Å². The van der Waals surface area contributed by atoms with Gasteiger partial charge in [0.1, 0.15) is 17.4 Å². The zero-order valence-corrected chi connectivity index (χ0v) is 10.7. The molecule has 0 radical (unpaired) electrons. The van der Waals surface area contributed by atoms with E-state index >= 15 is 0 Å². The number of hydrazine groups is 1. The second-order valence-electron chi connectivity index (χ2n) is 4.11. The third-order valence-corrected chi connectivity index (χ3v) is 2.55. The van der Waals surface area contributed by atoms with Crippen LogP contribution in [-0.4, -0.2) is 9.97 Å². The first kappa shape index (κ1) is 12.3. The Hall–Kier alpha value is -2.14. The summed E-state index contributed by atoms with van der Waals surface area (Å²) in [5, 5.41) is 0. The molecule has 1 aromatic heterocycles. The van der Waals surface area contributed by atoms with Gasteiger partial charge in [-0.2, -0.15) is 4.98 Å². The normalized spacial score (nSPS) is 10.2. The number of anilines is 1. The molecule has 1 heterocycles. The molecule has 2 aromatic rings. The number of hydrogen-bond donors (Lipinski definition) is 2. The van der Waals surface area contributed by atoms with Crippen LogP contribution in [0.25, 0.3) is 0 Å². The van der Waals surface area contributed by atoms with Crippen molar-refractivity contribution in [3.8, 4) is 11.6 Å². The Morgan fingerprint density at radius 2 is 1.94 bits per heavy atom. The second-order valence-corrected chi connectivity index (χ2v) is 4.11. The molecule has 18 heavy (non-hydrogen) atoms. The van der Waals surface area contributed by atoms with Crippen molar-refractivity contribution in [2.45, 2.75) is 20.8 Å². The molecule has 0 saturated heterocycles. The fourth-order valence-electron chi connectivity index (χ4n) is 1.63. The molecule has 0 unspecified atom stereocenters. The maximum absolute atomic E-state index is 5.77. The molecular weight excluding hydrogens is 228 g/mol. The van der Waals surface area contributed by atoms with Gasteiger partial charge in [-0.25, -0.2) is 10.8 Å². The highest BCUT2D eigenvalue weighted by atomic mass is 16.5. The van der Waals surface area contributed by atoms with E-state index in [0.29, 0.717) is 17.5 Å². The van der Waals surface area contributed by atoms with Crippen LogP contribution in [-0.2, 0) is 0 Å². The number of aryl methyl sites for hydroxylation is 2. The summed E-state index contributed by atoms with van der Waals surface area (Å²) in [5.41, 5.74) is 4.46. The van der Waals surface area contributed by atoms with E-state index in [1.54, 1.807) is 6.92 Å². The first-order valence-electron chi connectivity index (χ1n) is 5.66. The molecule has 1 aromatic carbocycles. The van der Waals surface area contributed by atoms with Crippen LogP contribution in [0, 0.1) is 20.8 Å². The highest BCUT2D eigenvalue weighted by Crippen LogP contribution is 2.26. The van der Waals surface area contributed by atoms with Gasteiger partial charge in [0.25, 0.3) is 0 Å². The molecule has 5 nitrogen and oxygen atoms in total. The summed E-state index contributed by atoms with van der Waals surface area (Å²) in [6, 6.07) is 7.79. The van der Waals surface area contributed by atoms with Crippen molar-refractivity contribution in [3.05, 3.63) is 41.2 Å². The Morgan fingerprint density at radius 1 is 1.17 bits per heavy atom. The van der Waals surface area contributed by atoms with Crippen molar-refractivity contribution in [1.29, 1.82) is 0 Å². The molecule has 2 rings (SSSR count). The minimum absolute atomic E-state index is 0.515. The van der Waals surface area contributed by atoms with Crippen LogP contribution in [0.4, 0.5) is 5.82 Å². The fraction of sp³-hybridized carbons (Fsp3) is 0.231. The molecule has 0 atom stereocenters. The standard InChI is InChI=1S/C13H16N4O/c1-8-5-4-6-11(7-8)18-13-9(2)12(17-14)15-10(3)16-13/h4-7H,14H2,1-3H3,(H,15,16,17). The maximum atomic E-state index is 5.77. The summed E-state index contributed by atoms with van der Waals surface area (Å²) in [6.45, 7) is 5.67. The van der Waals surface area contributed by atoms with E-state index in [-0.39, 0.29) is 0 Å². The number of aromatic nitrogens is 2. The molecular formula is C13H16N4O. The lowest BCUT2D eigenvalue weighted by Crippen LogP contribution is -2.12. The zero-order chi connectivity index (χ0) is 13.1. The molecule has 0 fully saturated rings. The monoisotopic (exact) mass is 244 g/mol. The van der Waals surface area contributed by atoms with Crippen molar-refractivity contribution < 1.29 is 4.74 Å². The first-order valence-corrected chi connectivity index (χ1v) is 5.66. The number of rotatable bonds is 3. The average Bonchev–Trinajstić information content (AvgIpc) is 2.33. The molecule has 5 heteroatoms.